The largest absolute Gasteiger partial charge is 0.381 e. The summed E-state index contributed by atoms with van der Waals surface area (Å²) in [5, 5.41) is 3.53. The number of nitrogens with two attached hydrogens (primary N) is 1. The molecule has 0 aliphatic carbocycles. The van der Waals surface area contributed by atoms with Crippen LogP contribution in [0.2, 0.25) is 5.02 Å². The SMILES string of the molecule is COC1CCN(CC(=O)Nc2ccc(Cl)cc2)C(CN)C1. The molecule has 3 N–H and O–H groups in total. The quantitative estimate of drug-likeness (QED) is 0.869. The average Bonchev–Trinajstić information content (AvgIpc) is 2.50. The van der Waals surface area contributed by atoms with Crippen LogP contribution in [0.4, 0.5) is 5.69 Å². The number of rotatable bonds is 5. The molecule has 0 spiro atoms. The predicted octanol–water partition coefficient (Wildman–Crippen LogP) is 1.72. The van der Waals surface area contributed by atoms with Gasteiger partial charge in [-0.3, -0.25) is 9.69 Å². The lowest BCUT2D eigenvalue weighted by atomic mass is 9.99. The summed E-state index contributed by atoms with van der Waals surface area (Å²) >= 11 is 5.82. The Morgan fingerprint density at radius 3 is 2.81 bits per heavy atom. The van der Waals surface area contributed by atoms with Crippen LogP contribution in [0.3, 0.4) is 0 Å². The monoisotopic (exact) mass is 311 g/mol. The van der Waals surface area contributed by atoms with Crippen molar-refractivity contribution in [1.29, 1.82) is 0 Å². The predicted molar refractivity (Wildman–Crippen MR) is 84.5 cm³/mol. The second kappa shape index (κ2) is 7.75. The standard InChI is InChI=1S/C15H22ClN3O2/c1-21-14-6-7-19(13(8-14)9-17)10-15(20)18-12-4-2-11(16)3-5-12/h2-5,13-14H,6-10,17H2,1H3,(H,18,20). The fourth-order valence-electron chi connectivity index (χ4n) is 2.65. The Balaban J connectivity index is 1.88. The molecule has 2 atom stereocenters. The molecule has 1 aromatic rings. The highest BCUT2D eigenvalue weighted by atomic mass is 35.5. The summed E-state index contributed by atoms with van der Waals surface area (Å²) in [5.74, 6) is -0.0355. The minimum absolute atomic E-state index is 0.0355. The normalized spacial score (nSPS) is 23.0. The lowest BCUT2D eigenvalue weighted by molar-refractivity contribution is -0.118. The van der Waals surface area contributed by atoms with Gasteiger partial charge in [0.25, 0.3) is 0 Å². The number of nitrogens with zero attached hydrogens (tertiary/aromatic N) is 1. The first-order valence-electron chi connectivity index (χ1n) is 7.14. The molecule has 2 rings (SSSR count). The average molecular weight is 312 g/mol. The van der Waals surface area contributed by atoms with Gasteiger partial charge in [-0.05, 0) is 37.1 Å². The second-order valence-electron chi connectivity index (χ2n) is 5.30. The summed E-state index contributed by atoms with van der Waals surface area (Å²) in [6, 6.07) is 7.28. The molecule has 5 nitrogen and oxygen atoms in total. The lowest BCUT2D eigenvalue weighted by Gasteiger charge is -2.37. The smallest absolute Gasteiger partial charge is 0.238 e. The highest BCUT2D eigenvalue weighted by Gasteiger charge is 2.28. The van der Waals surface area contributed by atoms with Crippen molar-refractivity contribution in [2.24, 2.45) is 5.73 Å². The zero-order valence-electron chi connectivity index (χ0n) is 12.2. The molecule has 0 bridgehead atoms. The van der Waals surface area contributed by atoms with Crippen molar-refractivity contribution in [2.45, 2.75) is 25.0 Å². The van der Waals surface area contributed by atoms with E-state index in [4.69, 9.17) is 22.1 Å². The van der Waals surface area contributed by atoms with Crippen LogP contribution < -0.4 is 11.1 Å². The fourth-order valence-corrected chi connectivity index (χ4v) is 2.77. The minimum Gasteiger partial charge on any atom is -0.381 e. The van der Waals surface area contributed by atoms with E-state index in [1.54, 1.807) is 31.4 Å². The van der Waals surface area contributed by atoms with Gasteiger partial charge in [-0.25, -0.2) is 0 Å². The van der Waals surface area contributed by atoms with E-state index in [0.29, 0.717) is 18.1 Å². The summed E-state index contributed by atoms with van der Waals surface area (Å²) in [6.45, 7) is 1.71. The zero-order valence-corrected chi connectivity index (χ0v) is 13.0. The number of halogens is 1. The molecule has 0 saturated carbocycles. The Morgan fingerprint density at radius 2 is 2.19 bits per heavy atom. The maximum Gasteiger partial charge on any atom is 0.238 e. The first kappa shape index (κ1) is 16.2. The van der Waals surface area contributed by atoms with Crippen molar-refractivity contribution in [3.8, 4) is 0 Å². The van der Waals surface area contributed by atoms with Crippen molar-refractivity contribution < 1.29 is 9.53 Å². The summed E-state index contributed by atoms with van der Waals surface area (Å²) in [5.41, 5.74) is 6.56. The molecule has 1 aliphatic rings. The van der Waals surface area contributed by atoms with Crippen LogP contribution in [0.1, 0.15) is 12.8 Å². The van der Waals surface area contributed by atoms with Crippen LogP contribution in [0.5, 0.6) is 0 Å². The molecule has 1 amide bonds. The van der Waals surface area contributed by atoms with E-state index in [1.807, 2.05) is 0 Å². The van der Waals surface area contributed by atoms with Gasteiger partial charge in [0.15, 0.2) is 0 Å². The third-order valence-electron chi connectivity index (χ3n) is 3.87. The van der Waals surface area contributed by atoms with Crippen LogP contribution in [-0.2, 0) is 9.53 Å². The van der Waals surface area contributed by atoms with Gasteiger partial charge in [-0.2, -0.15) is 0 Å². The van der Waals surface area contributed by atoms with Gasteiger partial charge < -0.3 is 15.8 Å². The van der Waals surface area contributed by atoms with Gasteiger partial charge >= 0.3 is 0 Å². The molecule has 0 radical (unpaired) electrons. The number of piperidine rings is 1. The van der Waals surface area contributed by atoms with Gasteiger partial charge in [0.05, 0.1) is 12.6 Å². The lowest BCUT2D eigenvalue weighted by Crippen LogP contribution is -2.50. The van der Waals surface area contributed by atoms with Crippen LogP contribution >= 0.6 is 11.6 Å². The Morgan fingerprint density at radius 1 is 1.48 bits per heavy atom. The summed E-state index contributed by atoms with van der Waals surface area (Å²) < 4.78 is 5.39. The Kier molecular flexibility index (Phi) is 5.99. The third-order valence-corrected chi connectivity index (χ3v) is 4.12. The minimum atomic E-state index is -0.0355. The number of nitrogens with one attached hydrogen (secondary N) is 1. The van der Waals surface area contributed by atoms with Crippen molar-refractivity contribution in [2.75, 3.05) is 32.1 Å². The molecule has 1 saturated heterocycles. The number of likely N-dealkylation sites (tertiary alicyclic amines) is 1. The number of hydrogen-bond acceptors (Lipinski definition) is 4. The van der Waals surface area contributed by atoms with E-state index in [-0.39, 0.29) is 18.1 Å². The van der Waals surface area contributed by atoms with Crippen LogP contribution in [0.15, 0.2) is 24.3 Å². The topological polar surface area (TPSA) is 67.6 Å². The number of carbonyl (C=O) groups excluding carboxylic acids is 1. The molecule has 0 aromatic heterocycles. The Hall–Kier alpha value is -1.14. The van der Waals surface area contributed by atoms with Crippen molar-refractivity contribution >= 4 is 23.2 Å². The van der Waals surface area contributed by atoms with Crippen molar-refractivity contribution in [3.63, 3.8) is 0 Å². The molecule has 1 heterocycles. The number of carbonyl (C=O) groups is 1. The molecular weight excluding hydrogens is 290 g/mol. The summed E-state index contributed by atoms with van der Waals surface area (Å²) in [6.07, 6.45) is 2.05. The van der Waals surface area contributed by atoms with Crippen LogP contribution in [0.25, 0.3) is 0 Å². The number of hydrogen-bond donors (Lipinski definition) is 2. The molecule has 1 aromatic carbocycles. The van der Waals surface area contributed by atoms with Gasteiger partial charge in [0.1, 0.15) is 0 Å². The van der Waals surface area contributed by atoms with Gasteiger partial charge in [-0.1, -0.05) is 11.6 Å². The van der Waals surface area contributed by atoms with E-state index in [2.05, 4.69) is 10.2 Å². The highest BCUT2D eigenvalue weighted by Crippen LogP contribution is 2.19. The van der Waals surface area contributed by atoms with Crippen LogP contribution in [0, 0.1) is 0 Å². The van der Waals surface area contributed by atoms with Crippen molar-refractivity contribution in [1.82, 2.24) is 4.90 Å². The molecule has 1 fully saturated rings. The van der Waals surface area contributed by atoms with Gasteiger partial charge in [0, 0.05) is 37.0 Å². The number of ether oxygens (including phenoxy) is 1. The Bertz CT molecular complexity index is 466. The maximum absolute atomic E-state index is 12.1. The number of benzene rings is 1. The molecular formula is C15H22ClN3O2. The first-order valence-corrected chi connectivity index (χ1v) is 7.52. The summed E-state index contributed by atoms with van der Waals surface area (Å²) in [4.78, 5) is 14.2. The fraction of sp³-hybridized carbons (Fsp3) is 0.533. The zero-order chi connectivity index (χ0) is 15.2. The second-order valence-corrected chi connectivity index (χ2v) is 5.73. The van der Waals surface area contributed by atoms with E-state index >= 15 is 0 Å². The highest BCUT2D eigenvalue weighted by molar-refractivity contribution is 6.30. The first-order chi connectivity index (χ1) is 10.1. The molecule has 2 unspecified atom stereocenters. The summed E-state index contributed by atoms with van der Waals surface area (Å²) in [7, 11) is 1.72. The molecule has 6 heteroatoms. The van der Waals surface area contributed by atoms with E-state index < -0.39 is 0 Å². The van der Waals surface area contributed by atoms with Gasteiger partial charge in [0.2, 0.25) is 5.91 Å². The third kappa shape index (κ3) is 4.68. The molecule has 1 aliphatic heterocycles. The van der Waals surface area contributed by atoms with Crippen molar-refractivity contribution in [3.05, 3.63) is 29.3 Å². The van der Waals surface area contributed by atoms with Gasteiger partial charge in [-0.15, -0.1) is 0 Å². The van der Waals surface area contributed by atoms with E-state index in [9.17, 15) is 4.79 Å². The maximum atomic E-state index is 12.1. The van der Waals surface area contributed by atoms with Crippen LogP contribution in [-0.4, -0.2) is 49.7 Å². The number of anilines is 1. The van der Waals surface area contributed by atoms with E-state index in [1.165, 1.54) is 0 Å². The van der Waals surface area contributed by atoms with E-state index in [0.717, 1.165) is 25.1 Å². The number of methoxy groups -OCH3 is 1. The molecule has 21 heavy (non-hydrogen) atoms. The molecule has 116 valence electrons. The Labute approximate surface area is 130 Å². The number of amides is 1.